The number of halogens is 1. The van der Waals surface area contributed by atoms with Gasteiger partial charge < -0.3 is 10.1 Å². The SMILES string of the molecule is COCCNCC(CCc1ccsc1)c1ccccc1Cl. The van der Waals surface area contributed by atoms with Crippen LogP contribution in [0.1, 0.15) is 23.5 Å². The highest BCUT2D eigenvalue weighted by atomic mass is 35.5. The molecule has 0 fully saturated rings. The second-order valence-electron chi connectivity index (χ2n) is 5.09. The van der Waals surface area contributed by atoms with Gasteiger partial charge in [-0.1, -0.05) is 29.8 Å². The van der Waals surface area contributed by atoms with E-state index in [4.69, 9.17) is 16.3 Å². The van der Waals surface area contributed by atoms with Gasteiger partial charge >= 0.3 is 0 Å². The summed E-state index contributed by atoms with van der Waals surface area (Å²) in [5, 5.41) is 8.68. The van der Waals surface area contributed by atoms with E-state index in [2.05, 4.69) is 34.3 Å². The van der Waals surface area contributed by atoms with E-state index in [1.807, 2.05) is 12.1 Å². The molecule has 1 atom stereocenters. The Kier molecular flexibility index (Phi) is 7.24. The Labute approximate surface area is 136 Å². The molecule has 0 aliphatic carbocycles. The van der Waals surface area contributed by atoms with E-state index in [1.165, 1.54) is 11.1 Å². The Balaban J connectivity index is 1.97. The molecule has 21 heavy (non-hydrogen) atoms. The lowest BCUT2D eigenvalue weighted by Crippen LogP contribution is -2.25. The molecule has 1 N–H and O–H groups in total. The molecule has 2 rings (SSSR count). The van der Waals surface area contributed by atoms with E-state index < -0.39 is 0 Å². The number of benzene rings is 1. The molecule has 1 aromatic carbocycles. The van der Waals surface area contributed by atoms with Gasteiger partial charge in [0.25, 0.3) is 0 Å². The third kappa shape index (κ3) is 5.44. The van der Waals surface area contributed by atoms with Crippen LogP contribution in [0.2, 0.25) is 5.02 Å². The van der Waals surface area contributed by atoms with Crippen LogP contribution in [0.15, 0.2) is 41.1 Å². The Morgan fingerprint density at radius 3 is 2.86 bits per heavy atom. The van der Waals surface area contributed by atoms with Gasteiger partial charge in [-0.05, 0) is 52.8 Å². The molecule has 2 aromatic rings. The normalized spacial score (nSPS) is 12.5. The van der Waals surface area contributed by atoms with Crippen LogP contribution < -0.4 is 5.32 Å². The number of hydrogen-bond acceptors (Lipinski definition) is 3. The Morgan fingerprint density at radius 1 is 1.29 bits per heavy atom. The van der Waals surface area contributed by atoms with Crippen LogP contribution >= 0.6 is 22.9 Å². The number of aryl methyl sites for hydroxylation is 1. The summed E-state index contributed by atoms with van der Waals surface area (Å²) in [7, 11) is 1.73. The highest BCUT2D eigenvalue weighted by Crippen LogP contribution is 2.28. The molecule has 0 amide bonds. The van der Waals surface area contributed by atoms with Crippen molar-refractivity contribution in [1.29, 1.82) is 0 Å². The van der Waals surface area contributed by atoms with Crippen LogP contribution in [-0.4, -0.2) is 26.8 Å². The van der Waals surface area contributed by atoms with Gasteiger partial charge in [0.2, 0.25) is 0 Å². The molecule has 2 nitrogen and oxygen atoms in total. The minimum atomic E-state index is 0.426. The summed E-state index contributed by atoms with van der Waals surface area (Å²) < 4.78 is 5.08. The summed E-state index contributed by atoms with van der Waals surface area (Å²) in [5.74, 6) is 0.426. The molecule has 0 saturated carbocycles. The summed E-state index contributed by atoms with van der Waals surface area (Å²) in [6.45, 7) is 2.53. The van der Waals surface area contributed by atoms with E-state index in [0.717, 1.165) is 37.6 Å². The number of ether oxygens (including phenoxy) is 1. The molecule has 0 radical (unpaired) electrons. The van der Waals surface area contributed by atoms with Gasteiger partial charge in [-0.3, -0.25) is 0 Å². The van der Waals surface area contributed by atoms with Crippen LogP contribution in [0.5, 0.6) is 0 Å². The Morgan fingerprint density at radius 2 is 2.14 bits per heavy atom. The molecule has 1 unspecified atom stereocenters. The van der Waals surface area contributed by atoms with Gasteiger partial charge in [-0.25, -0.2) is 0 Å². The summed E-state index contributed by atoms with van der Waals surface area (Å²) in [6.07, 6.45) is 2.19. The topological polar surface area (TPSA) is 21.3 Å². The third-order valence-corrected chi connectivity index (χ3v) is 4.66. The van der Waals surface area contributed by atoms with Crippen molar-refractivity contribution >= 4 is 22.9 Å². The van der Waals surface area contributed by atoms with E-state index in [9.17, 15) is 0 Å². The maximum absolute atomic E-state index is 6.37. The molecule has 0 aliphatic heterocycles. The van der Waals surface area contributed by atoms with E-state index in [-0.39, 0.29) is 0 Å². The zero-order valence-electron chi connectivity index (χ0n) is 12.3. The monoisotopic (exact) mass is 323 g/mol. The molecule has 0 spiro atoms. The molecular weight excluding hydrogens is 302 g/mol. The fourth-order valence-electron chi connectivity index (χ4n) is 2.40. The molecule has 0 saturated heterocycles. The van der Waals surface area contributed by atoms with E-state index in [1.54, 1.807) is 18.4 Å². The van der Waals surface area contributed by atoms with Crippen molar-refractivity contribution in [2.75, 3.05) is 26.8 Å². The first-order chi connectivity index (χ1) is 10.3. The van der Waals surface area contributed by atoms with Crippen molar-refractivity contribution in [1.82, 2.24) is 5.32 Å². The third-order valence-electron chi connectivity index (χ3n) is 3.58. The summed E-state index contributed by atoms with van der Waals surface area (Å²) in [6, 6.07) is 10.4. The second kappa shape index (κ2) is 9.21. The van der Waals surface area contributed by atoms with Crippen molar-refractivity contribution in [2.45, 2.75) is 18.8 Å². The van der Waals surface area contributed by atoms with Crippen molar-refractivity contribution in [3.8, 4) is 0 Å². The maximum Gasteiger partial charge on any atom is 0.0587 e. The summed E-state index contributed by atoms with van der Waals surface area (Å²) in [4.78, 5) is 0. The molecule has 4 heteroatoms. The first-order valence-corrected chi connectivity index (χ1v) is 8.58. The van der Waals surface area contributed by atoms with Gasteiger partial charge in [0.1, 0.15) is 0 Å². The quantitative estimate of drug-likeness (QED) is 0.692. The fourth-order valence-corrected chi connectivity index (χ4v) is 3.39. The van der Waals surface area contributed by atoms with Crippen LogP contribution in [0.25, 0.3) is 0 Å². The largest absolute Gasteiger partial charge is 0.383 e. The number of hydrogen-bond donors (Lipinski definition) is 1. The lowest BCUT2D eigenvalue weighted by atomic mass is 9.92. The Bertz CT molecular complexity index is 515. The van der Waals surface area contributed by atoms with Gasteiger partial charge in [-0.15, -0.1) is 0 Å². The fraction of sp³-hybridized carbons (Fsp3) is 0.412. The van der Waals surface area contributed by atoms with Crippen LogP contribution in [-0.2, 0) is 11.2 Å². The molecule has 1 aromatic heterocycles. The van der Waals surface area contributed by atoms with Gasteiger partial charge in [0, 0.05) is 25.2 Å². The van der Waals surface area contributed by atoms with Crippen LogP contribution in [0.4, 0.5) is 0 Å². The summed E-state index contributed by atoms with van der Waals surface area (Å²) >= 11 is 8.13. The predicted octanol–water partition coefficient (Wildman–Crippen LogP) is 4.35. The van der Waals surface area contributed by atoms with Crippen LogP contribution in [0, 0.1) is 0 Å². The molecule has 0 bridgehead atoms. The zero-order chi connectivity index (χ0) is 14.9. The first kappa shape index (κ1) is 16.5. The minimum absolute atomic E-state index is 0.426. The molecule has 114 valence electrons. The average Bonchev–Trinajstić information content (AvgIpc) is 3.01. The highest BCUT2D eigenvalue weighted by molar-refractivity contribution is 7.07. The minimum Gasteiger partial charge on any atom is -0.383 e. The molecule has 0 aliphatic rings. The number of rotatable bonds is 9. The zero-order valence-corrected chi connectivity index (χ0v) is 13.9. The maximum atomic E-state index is 6.37. The van der Waals surface area contributed by atoms with Crippen molar-refractivity contribution < 1.29 is 4.74 Å². The smallest absolute Gasteiger partial charge is 0.0587 e. The van der Waals surface area contributed by atoms with Crippen molar-refractivity contribution in [3.63, 3.8) is 0 Å². The van der Waals surface area contributed by atoms with Gasteiger partial charge in [-0.2, -0.15) is 11.3 Å². The average molecular weight is 324 g/mol. The number of methoxy groups -OCH3 is 1. The lowest BCUT2D eigenvalue weighted by molar-refractivity contribution is 0.199. The van der Waals surface area contributed by atoms with Gasteiger partial charge in [0.15, 0.2) is 0 Å². The molecular formula is C17H22ClNOS. The van der Waals surface area contributed by atoms with Crippen LogP contribution in [0.3, 0.4) is 0 Å². The van der Waals surface area contributed by atoms with Crippen molar-refractivity contribution in [3.05, 3.63) is 57.2 Å². The Hall–Kier alpha value is -0.870. The van der Waals surface area contributed by atoms with E-state index in [0.29, 0.717) is 5.92 Å². The van der Waals surface area contributed by atoms with Crippen molar-refractivity contribution in [2.24, 2.45) is 0 Å². The first-order valence-electron chi connectivity index (χ1n) is 7.26. The highest BCUT2D eigenvalue weighted by Gasteiger charge is 2.14. The van der Waals surface area contributed by atoms with Gasteiger partial charge in [0.05, 0.1) is 6.61 Å². The van der Waals surface area contributed by atoms with E-state index >= 15 is 0 Å². The lowest BCUT2D eigenvalue weighted by Gasteiger charge is -2.19. The second-order valence-corrected chi connectivity index (χ2v) is 6.27. The molecule has 1 heterocycles. The number of nitrogens with one attached hydrogen (secondary N) is 1. The predicted molar refractivity (Wildman–Crippen MR) is 91.6 cm³/mol. The number of thiophene rings is 1. The summed E-state index contributed by atoms with van der Waals surface area (Å²) in [5.41, 5.74) is 2.65. The standard InChI is InChI=1S/C17H22ClNOS/c1-20-10-9-19-12-15(7-6-14-8-11-21-13-14)16-4-2-3-5-17(16)18/h2-5,8,11,13,15,19H,6-7,9-10,12H2,1H3.